The summed E-state index contributed by atoms with van der Waals surface area (Å²) in [6, 6.07) is 30.7. The van der Waals surface area contributed by atoms with Crippen LogP contribution in [0.5, 0.6) is 0 Å². The molecule has 0 heterocycles. The predicted octanol–water partition coefficient (Wildman–Crippen LogP) is 4.65. The van der Waals surface area contributed by atoms with Gasteiger partial charge in [0.1, 0.15) is 0 Å². The molecule has 4 aromatic carbocycles. The van der Waals surface area contributed by atoms with Crippen LogP contribution in [0.4, 0.5) is 11.4 Å². The fourth-order valence-electron chi connectivity index (χ4n) is 3.60. The molecule has 0 radical (unpaired) electrons. The Hall–Kier alpha value is -1.94. The molecule has 2 nitrogen and oxygen atoms in total. The van der Waals surface area contributed by atoms with Gasteiger partial charge in [0.25, 0.3) is 0 Å². The van der Waals surface area contributed by atoms with Crippen molar-refractivity contribution in [2.24, 2.45) is 10.2 Å². The minimum atomic E-state index is -0.523. The number of hydrogen-bond acceptors (Lipinski definition) is 2. The van der Waals surface area contributed by atoms with Crippen LogP contribution < -0.4 is 14.4 Å². The second-order valence-electron chi connectivity index (χ2n) is 7.99. The summed E-state index contributed by atoms with van der Waals surface area (Å²) in [7, 11) is 0. The summed E-state index contributed by atoms with van der Waals surface area (Å²) >= 11 is -1.05. The fraction of sp³-hybridized carbons (Fsp3) is 0.143. The molecule has 0 aliphatic heterocycles. The molecule has 4 rings (SSSR count). The summed E-state index contributed by atoms with van der Waals surface area (Å²) in [6.45, 7) is 8.69. The molecule has 0 aromatic heterocycles. The number of azo groups is 1. The zero-order valence-electron chi connectivity index (χ0n) is 18.8. The Kier molecular flexibility index (Phi) is 7.83. The summed E-state index contributed by atoms with van der Waals surface area (Å²) < 4.78 is 5.54. The summed E-state index contributed by atoms with van der Waals surface area (Å²) in [5, 5.41) is 9.47. The molecule has 0 unspecified atom stereocenters. The van der Waals surface area contributed by atoms with E-state index in [4.69, 9.17) is 10.2 Å². The molecular formula is C28H26N2Te2. The number of aryl methyl sites for hydroxylation is 4. The molecule has 0 aliphatic carbocycles. The molecule has 160 valence electrons. The Bertz CT molecular complexity index is 1140. The molecule has 4 aromatic rings. The van der Waals surface area contributed by atoms with Crippen molar-refractivity contribution in [1.29, 1.82) is 0 Å². The summed E-state index contributed by atoms with van der Waals surface area (Å²) in [5.41, 5.74) is 7.30. The first-order valence-corrected chi connectivity index (χ1v) is 15.2. The van der Waals surface area contributed by atoms with Gasteiger partial charge < -0.3 is 0 Å². The van der Waals surface area contributed by atoms with E-state index in [-0.39, 0.29) is 0 Å². The maximum atomic E-state index is 4.73. The van der Waals surface area contributed by atoms with Gasteiger partial charge in [-0.2, -0.15) is 0 Å². The third kappa shape index (κ3) is 6.31. The molecule has 4 heteroatoms. The Labute approximate surface area is 211 Å². The fourth-order valence-corrected chi connectivity index (χ4v) is 9.90. The van der Waals surface area contributed by atoms with Gasteiger partial charge in [0.05, 0.1) is 0 Å². The van der Waals surface area contributed by atoms with Crippen molar-refractivity contribution in [2.75, 3.05) is 0 Å². The van der Waals surface area contributed by atoms with Crippen LogP contribution in [0.15, 0.2) is 95.2 Å². The monoisotopic (exact) mass is 650 g/mol. The number of hydrogen-bond donors (Lipinski definition) is 0. The van der Waals surface area contributed by atoms with E-state index in [2.05, 4.69) is 113 Å². The first-order chi connectivity index (χ1) is 15.5. The first-order valence-electron chi connectivity index (χ1n) is 10.6. The first kappa shape index (κ1) is 23.2. The Morgan fingerprint density at radius 3 is 1.19 bits per heavy atom. The molecule has 0 bridgehead atoms. The van der Waals surface area contributed by atoms with Crippen LogP contribution in [0, 0.1) is 27.7 Å². The molecule has 0 N–H and O–H groups in total. The SMILES string of the molecule is Cc1cc(C)cc([Te]c2ccccc2N=Nc2ccccc2[Te]c2cc(C)cc(C)c2)c1. The van der Waals surface area contributed by atoms with E-state index in [9.17, 15) is 0 Å². The van der Waals surface area contributed by atoms with Crippen molar-refractivity contribution in [3.05, 3.63) is 107 Å². The average Bonchev–Trinajstić information content (AvgIpc) is 2.72. The minimum absolute atomic E-state index is 0.523. The van der Waals surface area contributed by atoms with Gasteiger partial charge >= 0.3 is 213 Å². The second kappa shape index (κ2) is 10.8. The van der Waals surface area contributed by atoms with Crippen molar-refractivity contribution >= 4 is 67.7 Å². The topological polar surface area (TPSA) is 24.7 Å². The third-order valence-corrected chi connectivity index (χ3v) is 10.8. The maximum absolute atomic E-state index is 4.73. The zero-order valence-corrected chi connectivity index (χ0v) is 23.5. The van der Waals surface area contributed by atoms with Gasteiger partial charge in [-0.05, 0) is 0 Å². The molecule has 0 fully saturated rings. The molecule has 0 saturated heterocycles. The van der Waals surface area contributed by atoms with Gasteiger partial charge in [0.2, 0.25) is 0 Å². The molecular weight excluding hydrogens is 620 g/mol. The van der Waals surface area contributed by atoms with Crippen LogP contribution in [-0.2, 0) is 0 Å². The quantitative estimate of drug-likeness (QED) is 0.216. The summed E-state index contributed by atoms with van der Waals surface area (Å²) in [6.07, 6.45) is 0. The van der Waals surface area contributed by atoms with Crippen LogP contribution in [0.1, 0.15) is 22.3 Å². The van der Waals surface area contributed by atoms with Gasteiger partial charge in [0.15, 0.2) is 0 Å². The van der Waals surface area contributed by atoms with E-state index in [1.807, 2.05) is 0 Å². The van der Waals surface area contributed by atoms with Crippen molar-refractivity contribution in [1.82, 2.24) is 0 Å². The van der Waals surface area contributed by atoms with Crippen molar-refractivity contribution in [3.8, 4) is 0 Å². The molecule has 0 spiro atoms. The van der Waals surface area contributed by atoms with Gasteiger partial charge in [-0.15, -0.1) is 0 Å². The van der Waals surface area contributed by atoms with Crippen LogP contribution in [0.3, 0.4) is 0 Å². The molecule has 0 amide bonds. The van der Waals surface area contributed by atoms with E-state index in [0.717, 1.165) is 11.4 Å². The van der Waals surface area contributed by atoms with E-state index < -0.39 is 41.8 Å². The number of rotatable bonds is 6. The average molecular weight is 646 g/mol. The van der Waals surface area contributed by atoms with Crippen molar-refractivity contribution in [2.45, 2.75) is 27.7 Å². The van der Waals surface area contributed by atoms with Gasteiger partial charge in [0, 0.05) is 0 Å². The van der Waals surface area contributed by atoms with Crippen LogP contribution >= 0.6 is 0 Å². The molecule has 0 atom stereocenters. The summed E-state index contributed by atoms with van der Waals surface area (Å²) in [4.78, 5) is 0. The van der Waals surface area contributed by atoms with Crippen LogP contribution in [-0.4, -0.2) is 41.8 Å². The van der Waals surface area contributed by atoms with Gasteiger partial charge in [-0.25, -0.2) is 0 Å². The van der Waals surface area contributed by atoms with Crippen LogP contribution in [0.2, 0.25) is 0 Å². The Morgan fingerprint density at radius 2 is 0.812 bits per heavy atom. The van der Waals surface area contributed by atoms with Gasteiger partial charge in [-0.3, -0.25) is 0 Å². The van der Waals surface area contributed by atoms with Crippen molar-refractivity contribution in [3.63, 3.8) is 0 Å². The van der Waals surface area contributed by atoms with E-state index >= 15 is 0 Å². The molecule has 0 aliphatic rings. The number of nitrogens with zero attached hydrogens (tertiary/aromatic N) is 2. The van der Waals surface area contributed by atoms with E-state index in [1.54, 1.807) is 0 Å². The molecule has 32 heavy (non-hydrogen) atoms. The van der Waals surface area contributed by atoms with Crippen molar-refractivity contribution < 1.29 is 0 Å². The third-order valence-electron chi connectivity index (χ3n) is 4.84. The van der Waals surface area contributed by atoms with E-state index in [0.29, 0.717) is 0 Å². The normalized spacial score (nSPS) is 11.2. The summed E-state index contributed by atoms with van der Waals surface area (Å²) in [5.74, 6) is 0. The van der Waals surface area contributed by atoms with Gasteiger partial charge in [-0.1, -0.05) is 0 Å². The standard InChI is InChI=1S/C28H26N2Te2/c1-19-13-20(2)16-23(15-19)31-27-11-7-5-9-25(27)29-30-26-10-6-8-12-28(26)32-24-17-21(3)14-22(4)18-24/h5-18H,1-4H3. The predicted molar refractivity (Wildman–Crippen MR) is 139 cm³/mol. The number of benzene rings is 4. The molecule has 0 saturated carbocycles. The second-order valence-corrected chi connectivity index (χ2v) is 14.4. The van der Waals surface area contributed by atoms with Crippen LogP contribution in [0.25, 0.3) is 0 Å². The Balaban J connectivity index is 1.60. The zero-order chi connectivity index (χ0) is 22.5. The van der Waals surface area contributed by atoms with E-state index in [1.165, 1.54) is 36.7 Å². The Morgan fingerprint density at radius 1 is 0.469 bits per heavy atom.